The Morgan fingerprint density at radius 3 is 3.12 bits per heavy atom. The molecule has 1 aliphatic rings. The van der Waals surface area contributed by atoms with Gasteiger partial charge in [0, 0.05) is 13.1 Å². The molecule has 1 aliphatic heterocycles. The molecule has 1 aromatic heterocycles. The van der Waals surface area contributed by atoms with Crippen molar-refractivity contribution in [2.24, 2.45) is 0 Å². The van der Waals surface area contributed by atoms with Crippen LogP contribution in [0.2, 0.25) is 0 Å². The average molecular weight is 257 g/mol. The molecule has 0 radical (unpaired) electrons. The van der Waals surface area contributed by atoms with E-state index < -0.39 is 5.97 Å². The van der Waals surface area contributed by atoms with E-state index in [4.69, 9.17) is 5.73 Å². The van der Waals surface area contributed by atoms with Crippen LogP contribution in [0.15, 0.2) is 0 Å². The first kappa shape index (κ1) is 12.1. The number of esters is 1. The third kappa shape index (κ3) is 2.50. The van der Waals surface area contributed by atoms with E-state index in [0.717, 1.165) is 19.4 Å². The molecule has 2 rings (SSSR count). The van der Waals surface area contributed by atoms with Crippen molar-refractivity contribution >= 4 is 28.3 Å². The summed E-state index contributed by atoms with van der Waals surface area (Å²) < 4.78 is 4.62. The number of nitrogens with zero attached hydrogens (tertiary/aromatic N) is 2. The van der Waals surface area contributed by atoms with Crippen LogP contribution in [0.3, 0.4) is 0 Å². The Hall–Kier alpha value is -1.34. The number of carbonyl (C=O) groups is 1. The van der Waals surface area contributed by atoms with Gasteiger partial charge in [0.05, 0.1) is 13.2 Å². The second kappa shape index (κ2) is 4.89. The Kier molecular flexibility index (Phi) is 3.49. The highest BCUT2D eigenvalue weighted by molar-refractivity contribution is 7.18. The number of methoxy groups -OCH3 is 1. The molecule has 1 atom stereocenters. The molecule has 0 aliphatic carbocycles. The largest absolute Gasteiger partial charge is 0.465 e. The number of aliphatic hydroxyl groups is 1. The normalized spacial score (nSPS) is 20.4. The molecular formula is C10H15N3O3S. The number of piperidine rings is 1. The van der Waals surface area contributed by atoms with E-state index in [1.165, 1.54) is 18.4 Å². The summed E-state index contributed by atoms with van der Waals surface area (Å²) in [5, 5.41) is 10.3. The minimum atomic E-state index is -0.469. The summed E-state index contributed by atoms with van der Waals surface area (Å²) in [6.45, 7) is 1.36. The van der Waals surface area contributed by atoms with Gasteiger partial charge >= 0.3 is 5.97 Å². The number of rotatable bonds is 2. The Bertz CT molecular complexity index is 421. The number of hydrogen-bond donors (Lipinski definition) is 2. The first-order chi connectivity index (χ1) is 8.11. The van der Waals surface area contributed by atoms with Crippen molar-refractivity contribution in [1.29, 1.82) is 0 Å². The molecule has 94 valence electrons. The number of hydrogen-bond acceptors (Lipinski definition) is 7. The van der Waals surface area contributed by atoms with Gasteiger partial charge in [-0.2, -0.15) is 0 Å². The van der Waals surface area contributed by atoms with Crippen LogP contribution in [-0.2, 0) is 4.74 Å². The van der Waals surface area contributed by atoms with Crippen molar-refractivity contribution < 1.29 is 14.6 Å². The van der Waals surface area contributed by atoms with E-state index in [1.54, 1.807) is 0 Å². The summed E-state index contributed by atoms with van der Waals surface area (Å²) in [7, 11) is 1.31. The number of ether oxygens (including phenoxy) is 1. The fourth-order valence-corrected chi connectivity index (χ4v) is 2.76. The maximum Gasteiger partial charge on any atom is 0.351 e. The van der Waals surface area contributed by atoms with Gasteiger partial charge in [0.1, 0.15) is 0 Å². The van der Waals surface area contributed by atoms with Crippen molar-refractivity contribution in [2.75, 3.05) is 30.8 Å². The van der Waals surface area contributed by atoms with E-state index in [-0.39, 0.29) is 11.9 Å². The highest BCUT2D eigenvalue weighted by atomic mass is 32.1. The maximum atomic E-state index is 11.4. The molecule has 0 spiro atoms. The van der Waals surface area contributed by atoms with Gasteiger partial charge in [-0.25, -0.2) is 9.78 Å². The van der Waals surface area contributed by atoms with Crippen LogP contribution in [0.5, 0.6) is 0 Å². The number of aliphatic hydroxyl groups excluding tert-OH is 1. The third-order valence-corrected chi connectivity index (χ3v) is 3.79. The lowest BCUT2D eigenvalue weighted by Gasteiger charge is -2.29. The van der Waals surface area contributed by atoms with E-state index in [2.05, 4.69) is 9.72 Å². The van der Waals surface area contributed by atoms with E-state index in [0.29, 0.717) is 16.6 Å². The molecule has 1 fully saturated rings. The lowest BCUT2D eigenvalue weighted by atomic mass is 10.1. The number of nitrogens with two attached hydrogens (primary N) is 1. The van der Waals surface area contributed by atoms with Gasteiger partial charge in [0.25, 0.3) is 0 Å². The zero-order valence-electron chi connectivity index (χ0n) is 9.55. The minimum Gasteiger partial charge on any atom is -0.465 e. The molecule has 6 nitrogen and oxygen atoms in total. The fourth-order valence-electron chi connectivity index (χ4n) is 1.82. The zero-order chi connectivity index (χ0) is 12.4. The minimum absolute atomic E-state index is 0.192. The lowest BCUT2D eigenvalue weighted by Crippen LogP contribution is -2.38. The number of anilines is 2. The molecule has 0 amide bonds. The molecular weight excluding hydrogens is 242 g/mol. The van der Waals surface area contributed by atoms with Gasteiger partial charge in [-0.1, -0.05) is 11.3 Å². The highest BCUT2D eigenvalue weighted by Gasteiger charge is 2.23. The van der Waals surface area contributed by atoms with E-state index in [9.17, 15) is 9.90 Å². The number of β-amino-alcohol motifs (C(OH)–C–C–N with tert-alkyl or cyclic N) is 1. The quantitative estimate of drug-likeness (QED) is 0.749. The molecule has 2 heterocycles. The fraction of sp³-hybridized carbons (Fsp3) is 0.600. The summed E-state index contributed by atoms with van der Waals surface area (Å²) in [4.78, 5) is 17.8. The maximum absolute atomic E-state index is 11.4. The predicted molar refractivity (Wildman–Crippen MR) is 65.3 cm³/mol. The zero-order valence-corrected chi connectivity index (χ0v) is 10.4. The van der Waals surface area contributed by atoms with Crippen LogP contribution in [0, 0.1) is 0 Å². The number of aromatic nitrogens is 1. The molecule has 0 bridgehead atoms. The van der Waals surface area contributed by atoms with Crippen LogP contribution in [-0.4, -0.2) is 42.4 Å². The molecule has 1 saturated heterocycles. The van der Waals surface area contributed by atoms with Crippen molar-refractivity contribution in [3.63, 3.8) is 0 Å². The van der Waals surface area contributed by atoms with Gasteiger partial charge in [-0.15, -0.1) is 0 Å². The SMILES string of the molecule is COC(=O)c1sc(N2CCC[C@@H](O)C2)nc1N. The topological polar surface area (TPSA) is 88.7 Å². The molecule has 0 saturated carbocycles. The van der Waals surface area contributed by atoms with Gasteiger partial charge in [-0.3, -0.25) is 0 Å². The molecule has 0 aromatic carbocycles. The van der Waals surface area contributed by atoms with Crippen LogP contribution in [0.1, 0.15) is 22.5 Å². The molecule has 3 N–H and O–H groups in total. The number of thiazole rings is 1. The number of carbonyl (C=O) groups excluding carboxylic acids is 1. The lowest BCUT2D eigenvalue weighted by molar-refractivity contribution is 0.0607. The Balaban J connectivity index is 2.19. The summed E-state index contributed by atoms with van der Waals surface area (Å²) in [5.74, 6) is -0.277. The monoisotopic (exact) mass is 257 g/mol. The summed E-state index contributed by atoms with van der Waals surface area (Å²) in [6, 6.07) is 0. The highest BCUT2D eigenvalue weighted by Crippen LogP contribution is 2.30. The second-order valence-corrected chi connectivity index (χ2v) is 4.92. The van der Waals surface area contributed by atoms with Crippen LogP contribution in [0.25, 0.3) is 0 Å². The van der Waals surface area contributed by atoms with Gasteiger partial charge < -0.3 is 20.5 Å². The first-order valence-electron chi connectivity index (χ1n) is 5.39. The first-order valence-corrected chi connectivity index (χ1v) is 6.21. The smallest absolute Gasteiger partial charge is 0.351 e. The van der Waals surface area contributed by atoms with Crippen LogP contribution < -0.4 is 10.6 Å². The van der Waals surface area contributed by atoms with Gasteiger partial charge in [0.2, 0.25) is 0 Å². The van der Waals surface area contributed by atoms with Crippen LogP contribution in [0.4, 0.5) is 10.9 Å². The number of nitrogen functional groups attached to an aromatic ring is 1. The van der Waals surface area contributed by atoms with Crippen LogP contribution >= 0.6 is 11.3 Å². The van der Waals surface area contributed by atoms with Gasteiger partial charge in [0.15, 0.2) is 15.8 Å². The summed E-state index contributed by atoms with van der Waals surface area (Å²) >= 11 is 1.20. The average Bonchev–Trinajstić information content (AvgIpc) is 2.70. The summed E-state index contributed by atoms with van der Waals surface area (Å²) in [6.07, 6.45) is 1.38. The Morgan fingerprint density at radius 2 is 2.47 bits per heavy atom. The Morgan fingerprint density at radius 1 is 1.71 bits per heavy atom. The van der Waals surface area contributed by atoms with Crippen molar-refractivity contribution in [3.05, 3.63) is 4.88 Å². The summed E-state index contributed by atoms with van der Waals surface area (Å²) in [5.41, 5.74) is 5.67. The van der Waals surface area contributed by atoms with Crippen molar-refractivity contribution in [3.8, 4) is 0 Å². The molecule has 1 aromatic rings. The molecule has 17 heavy (non-hydrogen) atoms. The standard InChI is InChI=1S/C10H15N3O3S/c1-16-9(15)7-8(11)12-10(17-7)13-4-2-3-6(14)5-13/h6,14H,2-5,11H2,1H3/t6-/m1/s1. The van der Waals surface area contributed by atoms with Crippen molar-refractivity contribution in [1.82, 2.24) is 4.98 Å². The van der Waals surface area contributed by atoms with E-state index in [1.807, 2.05) is 4.90 Å². The van der Waals surface area contributed by atoms with E-state index >= 15 is 0 Å². The predicted octanol–water partition coefficient (Wildman–Crippen LogP) is 0.473. The molecule has 0 unspecified atom stereocenters. The van der Waals surface area contributed by atoms with Crippen molar-refractivity contribution in [2.45, 2.75) is 18.9 Å². The Labute approximate surface area is 103 Å². The molecule has 7 heteroatoms. The third-order valence-electron chi connectivity index (χ3n) is 2.68. The second-order valence-electron chi connectivity index (χ2n) is 3.94. The van der Waals surface area contributed by atoms with Gasteiger partial charge in [-0.05, 0) is 12.8 Å².